The quantitative estimate of drug-likeness (QED) is 0.421. The Balaban J connectivity index is 1.26. The molecule has 1 aliphatic heterocycles. The molecule has 1 spiro atoms. The van der Waals surface area contributed by atoms with Gasteiger partial charge in [-0.3, -0.25) is 15.0 Å². The molecule has 2 saturated carbocycles. The van der Waals surface area contributed by atoms with E-state index in [1.54, 1.807) is 0 Å². The van der Waals surface area contributed by atoms with Crippen LogP contribution in [0.4, 0.5) is 4.79 Å². The van der Waals surface area contributed by atoms with Gasteiger partial charge in [0.25, 0.3) is 5.91 Å². The van der Waals surface area contributed by atoms with Crippen molar-refractivity contribution in [1.29, 1.82) is 0 Å². The molecule has 0 unspecified atom stereocenters. The molecule has 0 radical (unpaired) electrons. The Bertz CT molecular complexity index is 1060. The fraction of sp³-hybridized carbons (Fsp3) is 0.500. The Hall–Kier alpha value is -2.68. The Kier molecular flexibility index (Phi) is 5.08. The molecule has 2 aromatic rings. The van der Waals surface area contributed by atoms with Gasteiger partial charge in [-0.1, -0.05) is 36.9 Å². The van der Waals surface area contributed by atoms with Crippen molar-refractivity contribution in [2.75, 3.05) is 5.75 Å². The normalized spacial score (nSPS) is 25.8. The fourth-order valence-electron chi connectivity index (χ4n) is 4.31. The molecule has 0 atom stereocenters. The number of benzene rings is 1. The maximum Gasteiger partial charge on any atom is 0.344 e. The van der Waals surface area contributed by atoms with Crippen LogP contribution in [-0.4, -0.2) is 44.1 Å². The lowest BCUT2D eigenvalue weighted by Crippen LogP contribution is -2.51. The number of nitrogens with one attached hydrogen (secondary N) is 2. The smallest absolute Gasteiger partial charge is 0.322 e. The summed E-state index contributed by atoms with van der Waals surface area (Å²) in [5.41, 5.74) is 2.49. The summed E-state index contributed by atoms with van der Waals surface area (Å²) in [6.45, 7) is 2.15. The van der Waals surface area contributed by atoms with E-state index < -0.39 is 17.5 Å². The molecule has 9 heteroatoms. The molecule has 5 rings (SSSR count). The molecule has 0 bridgehead atoms. The third-order valence-corrected chi connectivity index (χ3v) is 7.39. The third-order valence-electron chi connectivity index (χ3n) is 6.39. The second kappa shape index (κ2) is 7.78. The Morgan fingerprint density at radius 1 is 1.19 bits per heavy atom. The summed E-state index contributed by atoms with van der Waals surface area (Å²) >= 11 is 1.30. The van der Waals surface area contributed by atoms with Crippen LogP contribution in [0.25, 0.3) is 10.9 Å². The van der Waals surface area contributed by atoms with Gasteiger partial charge in [-0.05, 0) is 50.5 Å². The minimum absolute atomic E-state index is 0.0478. The van der Waals surface area contributed by atoms with Gasteiger partial charge in [0, 0.05) is 11.3 Å². The second-order valence-electron chi connectivity index (χ2n) is 8.84. The number of imide groups is 1. The third kappa shape index (κ3) is 3.86. The summed E-state index contributed by atoms with van der Waals surface area (Å²) in [6.07, 6.45) is 5.17. The second-order valence-corrected chi connectivity index (χ2v) is 9.80. The van der Waals surface area contributed by atoms with Gasteiger partial charge >= 0.3 is 6.03 Å². The molecule has 3 aliphatic rings. The van der Waals surface area contributed by atoms with E-state index in [-0.39, 0.29) is 11.7 Å². The first-order chi connectivity index (χ1) is 14.9. The summed E-state index contributed by atoms with van der Waals surface area (Å²) in [5.74, 6) is 1.05. The van der Waals surface area contributed by atoms with Gasteiger partial charge in [0.05, 0.1) is 11.3 Å². The fourth-order valence-corrected chi connectivity index (χ4v) is 5.12. The molecule has 2 heterocycles. The molecule has 1 saturated heterocycles. The number of fused-ring (bicyclic) bond motifs is 1. The monoisotopic (exact) mass is 439 g/mol. The number of hydrazine groups is 1. The lowest BCUT2D eigenvalue weighted by Gasteiger charge is -2.33. The van der Waals surface area contributed by atoms with Crippen LogP contribution in [-0.2, 0) is 9.59 Å². The van der Waals surface area contributed by atoms with Gasteiger partial charge in [0.1, 0.15) is 16.4 Å². The molecule has 4 amide bonds. The number of rotatable bonds is 5. The summed E-state index contributed by atoms with van der Waals surface area (Å²) in [5, 5.41) is 5.31. The highest BCUT2D eigenvalue weighted by atomic mass is 32.2. The topological polar surface area (TPSA) is 104 Å². The molecule has 8 nitrogen and oxygen atoms in total. The van der Waals surface area contributed by atoms with Crippen LogP contribution in [0.2, 0.25) is 0 Å². The van der Waals surface area contributed by atoms with Gasteiger partial charge in [0.2, 0.25) is 5.91 Å². The number of carbonyl (C=O) groups excluding carboxylic acids is 3. The molecular weight excluding hydrogens is 414 g/mol. The van der Waals surface area contributed by atoms with Crippen LogP contribution < -0.4 is 10.7 Å². The van der Waals surface area contributed by atoms with Gasteiger partial charge in [-0.15, -0.1) is 0 Å². The van der Waals surface area contributed by atoms with E-state index in [1.165, 1.54) is 11.8 Å². The first-order valence-electron chi connectivity index (χ1n) is 10.8. The minimum atomic E-state index is -0.869. The molecule has 1 aromatic heterocycles. The van der Waals surface area contributed by atoms with Gasteiger partial charge in [-0.2, -0.15) is 5.01 Å². The van der Waals surface area contributed by atoms with Crippen molar-refractivity contribution < 1.29 is 14.4 Å². The van der Waals surface area contributed by atoms with Crippen LogP contribution in [0, 0.1) is 5.92 Å². The lowest BCUT2D eigenvalue weighted by atomic mass is 9.77. The molecule has 2 aliphatic carbocycles. The van der Waals surface area contributed by atoms with Crippen molar-refractivity contribution in [2.45, 2.75) is 61.9 Å². The van der Waals surface area contributed by atoms with E-state index in [0.717, 1.165) is 52.4 Å². The molecule has 31 heavy (non-hydrogen) atoms. The number of aromatic nitrogens is 2. The van der Waals surface area contributed by atoms with E-state index in [1.807, 2.05) is 24.3 Å². The summed E-state index contributed by atoms with van der Waals surface area (Å²) < 4.78 is 0. The standard InChI is InChI=1S/C22H25N5O3S/c1-13-8-10-22(11-9-13)20(29)27(21(30)25-22)26-17(28)12-31-19-15-4-2-3-5-16(15)23-18(24-19)14-6-7-14/h2-5,13-14H,6-12H2,1H3,(H,25,30)(H,26,28). The number of carbonyl (C=O) groups is 3. The van der Waals surface area contributed by atoms with Crippen LogP contribution in [0.1, 0.15) is 57.2 Å². The highest BCUT2D eigenvalue weighted by Crippen LogP contribution is 2.40. The number of urea groups is 1. The van der Waals surface area contributed by atoms with Crippen molar-refractivity contribution in [3.05, 3.63) is 30.1 Å². The molecular formula is C22H25N5O3S. The van der Waals surface area contributed by atoms with E-state index in [2.05, 4.69) is 27.6 Å². The van der Waals surface area contributed by atoms with Gasteiger partial charge in [0.15, 0.2) is 0 Å². The summed E-state index contributed by atoms with van der Waals surface area (Å²) in [6, 6.07) is 7.19. The zero-order chi connectivity index (χ0) is 21.6. The number of thioether (sulfide) groups is 1. The summed E-state index contributed by atoms with van der Waals surface area (Å²) in [7, 11) is 0. The molecule has 162 valence electrons. The Labute approximate surface area is 184 Å². The van der Waals surface area contributed by atoms with Crippen molar-refractivity contribution in [3.8, 4) is 0 Å². The SMILES string of the molecule is CC1CCC2(CC1)NC(=O)N(NC(=O)CSc1nc(C3CC3)nc3ccccc13)C2=O. The average molecular weight is 440 g/mol. The van der Waals surface area contributed by atoms with Crippen LogP contribution in [0.5, 0.6) is 0 Å². The van der Waals surface area contributed by atoms with Gasteiger partial charge < -0.3 is 5.32 Å². The Morgan fingerprint density at radius 3 is 2.68 bits per heavy atom. The van der Waals surface area contributed by atoms with E-state index >= 15 is 0 Å². The number of nitrogens with zero attached hydrogens (tertiary/aromatic N) is 3. The maximum atomic E-state index is 12.9. The predicted molar refractivity (Wildman–Crippen MR) is 116 cm³/mol. The highest BCUT2D eigenvalue weighted by molar-refractivity contribution is 8.00. The van der Waals surface area contributed by atoms with E-state index in [4.69, 9.17) is 0 Å². The highest BCUT2D eigenvalue weighted by Gasteiger charge is 2.52. The Morgan fingerprint density at radius 2 is 1.94 bits per heavy atom. The van der Waals surface area contributed by atoms with Gasteiger partial charge in [-0.25, -0.2) is 14.8 Å². The van der Waals surface area contributed by atoms with Crippen LogP contribution in [0.3, 0.4) is 0 Å². The first-order valence-corrected chi connectivity index (χ1v) is 11.8. The van der Waals surface area contributed by atoms with Crippen molar-refractivity contribution in [1.82, 2.24) is 25.7 Å². The van der Waals surface area contributed by atoms with E-state index in [9.17, 15) is 14.4 Å². The molecule has 1 aromatic carbocycles. The van der Waals surface area contributed by atoms with Crippen molar-refractivity contribution in [2.24, 2.45) is 5.92 Å². The largest absolute Gasteiger partial charge is 0.344 e. The minimum Gasteiger partial charge on any atom is -0.322 e. The number of para-hydroxylation sites is 1. The lowest BCUT2D eigenvalue weighted by molar-refractivity contribution is -0.139. The van der Waals surface area contributed by atoms with Crippen LogP contribution in [0.15, 0.2) is 29.3 Å². The zero-order valence-electron chi connectivity index (χ0n) is 17.4. The van der Waals surface area contributed by atoms with Crippen molar-refractivity contribution in [3.63, 3.8) is 0 Å². The maximum absolute atomic E-state index is 12.9. The predicted octanol–water partition coefficient (Wildman–Crippen LogP) is 3.13. The number of hydrogen-bond donors (Lipinski definition) is 2. The molecule has 2 N–H and O–H groups in total. The summed E-state index contributed by atoms with van der Waals surface area (Å²) in [4.78, 5) is 47.3. The number of hydrogen-bond acceptors (Lipinski definition) is 6. The average Bonchev–Trinajstić information content (AvgIpc) is 3.59. The zero-order valence-corrected chi connectivity index (χ0v) is 18.2. The first kappa shape index (κ1) is 20.2. The van der Waals surface area contributed by atoms with Crippen molar-refractivity contribution >= 4 is 40.5 Å². The van der Waals surface area contributed by atoms with E-state index in [0.29, 0.717) is 24.7 Å². The molecule has 3 fully saturated rings. The number of amides is 4. The van der Waals surface area contributed by atoms with Crippen LogP contribution >= 0.6 is 11.8 Å².